The first-order valence-electron chi connectivity index (χ1n) is 10.8. The molecule has 4 rings (SSSR count). The van der Waals surface area contributed by atoms with Crippen molar-refractivity contribution >= 4 is 28.6 Å². The van der Waals surface area contributed by atoms with Gasteiger partial charge in [0.2, 0.25) is 5.91 Å². The van der Waals surface area contributed by atoms with E-state index in [1.165, 1.54) is 0 Å². The predicted molar refractivity (Wildman–Crippen MR) is 118 cm³/mol. The van der Waals surface area contributed by atoms with Gasteiger partial charge in [0.05, 0.1) is 11.4 Å². The maximum absolute atomic E-state index is 13.0. The van der Waals surface area contributed by atoms with E-state index in [-0.39, 0.29) is 23.7 Å². The topological polar surface area (TPSA) is 86.2 Å². The lowest BCUT2D eigenvalue weighted by Gasteiger charge is -2.37. The molecule has 1 N–H and O–H groups in total. The maximum atomic E-state index is 13.0. The van der Waals surface area contributed by atoms with Gasteiger partial charge in [-0.25, -0.2) is 4.79 Å². The minimum Gasteiger partial charge on any atom is -0.508 e. The molecule has 1 unspecified atom stereocenters. The Morgan fingerprint density at radius 1 is 1.06 bits per heavy atom. The van der Waals surface area contributed by atoms with Crippen LogP contribution in [0.5, 0.6) is 5.75 Å². The highest BCUT2D eigenvalue weighted by Gasteiger charge is 2.36. The highest BCUT2D eigenvalue weighted by Crippen LogP contribution is 2.29. The van der Waals surface area contributed by atoms with Crippen LogP contribution < -0.4 is 4.90 Å². The molecule has 31 heavy (non-hydrogen) atoms. The Balaban J connectivity index is 1.35. The van der Waals surface area contributed by atoms with Gasteiger partial charge in [0.25, 0.3) is 0 Å². The second-order valence-corrected chi connectivity index (χ2v) is 9.26. The van der Waals surface area contributed by atoms with Crippen LogP contribution in [0.25, 0.3) is 10.9 Å². The number of phenols is 1. The molecule has 2 aliphatic heterocycles. The summed E-state index contributed by atoms with van der Waals surface area (Å²) in [5, 5.41) is 10.7. The fourth-order valence-corrected chi connectivity index (χ4v) is 4.28. The summed E-state index contributed by atoms with van der Waals surface area (Å²) in [4.78, 5) is 35.5. The van der Waals surface area contributed by atoms with Crippen molar-refractivity contribution in [2.75, 3.05) is 44.2 Å². The lowest BCUT2D eigenvalue weighted by Crippen LogP contribution is -2.51. The number of benzene rings is 1. The van der Waals surface area contributed by atoms with Gasteiger partial charge in [-0.1, -0.05) is 0 Å². The summed E-state index contributed by atoms with van der Waals surface area (Å²) < 4.78 is 5.44. The number of hydrogen-bond acceptors (Lipinski definition) is 6. The number of hydrogen-bond donors (Lipinski definition) is 1. The molecule has 1 aromatic heterocycles. The van der Waals surface area contributed by atoms with Gasteiger partial charge in [0.15, 0.2) is 0 Å². The van der Waals surface area contributed by atoms with E-state index in [0.717, 1.165) is 29.7 Å². The Morgan fingerprint density at radius 3 is 2.52 bits per heavy atom. The Hall–Kier alpha value is -3.03. The van der Waals surface area contributed by atoms with Crippen molar-refractivity contribution in [2.24, 2.45) is 5.92 Å². The number of amides is 2. The summed E-state index contributed by atoms with van der Waals surface area (Å²) in [5.41, 5.74) is 1.28. The van der Waals surface area contributed by atoms with Crippen LogP contribution in [-0.4, -0.2) is 76.8 Å². The van der Waals surface area contributed by atoms with Crippen molar-refractivity contribution in [3.63, 3.8) is 0 Å². The summed E-state index contributed by atoms with van der Waals surface area (Å²) in [6.45, 7) is 9.26. The lowest BCUT2D eigenvalue weighted by molar-refractivity contribution is -0.135. The van der Waals surface area contributed by atoms with Crippen LogP contribution in [0.3, 0.4) is 0 Å². The van der Waals surface area contributed by atoms with Crippen molar-refractivity contribution < 1.29 is 19.4 Å². The zero-order valence-corrected chi connectivity index (χ0v) is 18.4. The number of aromatic hydroxyl groups is 1. The van der Waals surface area contributed by atoms with Gasteiger partial charge in [-0.3, -0.25) is 9.78 Å². The molecule has 0 bridgehead atoms. The zero-order chi connectivity index (χ0) is 22.2. The molecule has 2 amide bonds. The largest absolute Gasteiger partial charge is 0.508 e. The van der Waals surface area contributed by atoms with Crippen LogP contribution in [0, 0.1) is 5.92 Å². The Bertz CT molecular complexity index is 979. The average Bonchev–Trinajstić information content (AvgIpc) is 3.22. The third-order valence-electron chi connectivity index (χ3n) is 5.82. The molecule has 2 saturated heterocycles. The number of piperazine rings is 1. The first-order chi connectivity index (χ1) is 14.7. The number of likely N-dealkylation sites (tertiary alicyclic amines) is 1. The number of fused-ring (bicyclic) bond motifs is 1. The number of carbonyl (C=O) groups excluding carboxylic acids is 2. The summed E-state index contributed by atoms with van der Waals surface area (Å²) >= 11 is 0. The number of pyridine rings is 1. The van der Waals surface area contributed by atoms with Crippen molar-refractivity contribution in [2.45, 2.75) is 32.8 Å². The van der Waals surface area contributed by atoms with Gasteiger partial charge in [-0.2, -0.15) is 0 Å². The molecule has 2 fully saturated rings. The van der Waals surface area contributed by atoms with Crippen LogP contribution in [0.15, 0.2) is 30.5 Å². The Kier molecular flexibility index (Phi) is 5.64. The average molecular weight is 427 g/mol. The number of rotatable bonds is 2. The first-order valence-corrected chi connectivity index (χ1v) is 10.8. The fraction of sp³-hybridized carbons (Fsp3) is 0.522. The van der Waals surface area contributed by atoms with E-state index in [1.807, 2.05) is 37.8 Å². The van der Waals surface area contributed by atoms with Crippen molar-refractivity contribution in [3.05, 3.63) is 30.5 Å². The number of carbonyl (C=O) groups is 2. The van der Waals surface area contributed by atoms with E-state index in [4.69, 9.17) is 4.74 Å². The van der Waals surface area contributed by atoms with E-state index >= 15 is 0 Å². The molecule has 1 aromatic carbocycles. The normalized spacial score (nSPS) is 19.7. The standard InChI is InChI=1S/C23H30N4O4/c1-23(2,3)31-22(30)27-9-7-16(15-27)21(29)26-12-10-25(11-13-26)20-6-8-24-19-14-17(28)4-5-18(19)20/h4-6,8,14,16,28H,7,9-13,15H2,1-3H3. The van der Waals surface area contributed by atoms with E-state index < -0.39 is 5.60 Å². The van der Waals surface area contributed by atoms with Gasteiger partial charge in [0.1, 0.15) is 11.4 Å². The summed E-state index contributed by atoms with van der Waals surface area (Å²) in [6, 6.07) is 7.19. The van der Waals surface area contributed by atoms with E-state index in [0.29, 0.717) is 32.6 Å². The molecule has 0 radical (unpaired) electrons. The van der Waals surface area contributed by atoms with Crippen LogP contribution >= 0.6 is 0 Å². The Morgan fingerprint density at radius 2 is 1.81 bits per heavy atom. The van der Waals surface area contributed by atoms with Crippen molar-refractivity contribution in [3.8, 4) is 5.75 Å². The first kappa shape index (κ1) is 21.2. The molecule has 166 valence electrons. The lowest BCUT2D eigenvalue weighted by atomic mass is 10.1. The van der Waals surface area contributed by atoms with Gasteiger partial charge in [-0.05, 0) is 45.4 Å². The summed E-state index contributed by atoms with van der Waals surface area (Å²) in [7, 11) is 0. The van der Waals surface area contributed by atoms with Crippen LogP contribution in [0.1, 0.15) is 27.2 Å². The van der Waals surface area contributed by atoms with Gasteiger partial charge >= 0.3 is 6.09 Å². The minimum absolute atomic E-state index is 0.121. The van der Waals surface area contributed by atoms with Crippen molar-refractivity contribution in [1.82, 2.24) is 14.8 Å². The molecule has 3 heterocycles. The molecule has 0 aliphatic carbocycles. The van der Waals surface area contributed by atoms with Crippen LogP contribution in [0.4, 0.5) is 10.5 Å². The Labute approximate surface area is 182 Å². The maximum Gasteiger partial charge on any atom is 0.410 e. The molecule has 8 heteroatoms. The molecular formula is C23H30N4O4. The van der Waals surface area contributed by atoms with Crippen LogP contribution in [0.2, 0.25) is 0 Å². The second-order valence-electron chi connectivity index (χ2n) is 9.26. The third kappa shape index (κ3) is 4.68. The fourth-order valence-electron chi connectivity index (χ4n) is 4.28. The summed E-state index contributed by atoms with van der Waals surface area (Å²) in [5.74, 6) is 0.156. The third-order valence-corrected chi connectivity index (χ3v) is 5.82. The highest BCUT2D eigenvalue weighted by atomic mass is 16.6. The van der Waals surface area contributed by atoms with E-state index in [1.54, 1.807) is 23.2 Å². The quantitative estimate of drug-likeness (QED) is 0.795. The van der Waals surface area contributed by atoms with Gasteiger partial charge < -0.3 is 24.5 Å². The number of anilines is 1. The zero-order valence-electron chi connectivity index (χ0n) is 18.4. The molecule has 2 aromatic rings. The molecule has 1 atom stereocenters. The molecule has 8 nitrogen and oxygen atoms in total. The van der Waals surface area contributed by atoms with Crippen molar-refractivity contribution in [1.29, 1.82) is 0 Å². The highest BCUT2D eigenvalue weighted by molar-refractivity contribution is 5.92. The molecule has 0 spiro atoms. The smallest absolute Gasteiger partial charge is 0.410 e. The number of ether oxygens (including phenoxy) is 1. The SMILES string of the molecule is CC(C)(C)OC(=O)N1CCC(C(=O)N2CCN(c3ccnc4cc(O)ccc34)CC2)C1. The van der Waals surface area contributed by atoms with E-state index in [9.17, 15) is 14.7 Å². The number of phenolic OH excluding ortho intramolecular Hbond substituents is 1. The second kappa shape index (κ2) is 8.24. The number of nitrogens with zero attached hydrogens (tertiary/aromatic N) is 4. The van der Waals surface area contributed by atoms with E-state index in [2.05, 4.69) is 9.88 Å². The van der Waals surface area contributed by atoms with Gasteiger partial charge in [0, 0.05) is 62.6 Å². The van der Waals surface area contributed by atoms with Crippen LogP contribution in [-0.2, 0) is 9.53 Å². The predicted octanol–water partition coefficient (Wildman–Crippen LogP) is 2.85. The number of aromatic nitrogens is 1. The molecule has 0 saturated carbocycles. The van der Waals surface area contributed by atoms with Gasteiger partial charge in [-0.15, -0.1) is 0 Å². The minimum atomic E-state index is -0.536. The molecular weight excluding hydrogens is 396 g/mol. The molecule has 2 aliphatic rings. The summed E-state index contributed by atoms with van der Waals surface area (Å²) in [6.07, 6.45) is 2.08. The monoisotopic (exact) mass is 426 g/mol.